The molecule has 3 heteroatoms. The van der Waals surface area contributed by atoms with E-state index in [2.05, 4.69) is 106 Å². The van der Waals surface area contributed by atoms with E-state index in [4.69, 9.17) is 0 Å². The highest BCUT2D eigenvalue weighted by molar-refractivity contribution is 14.1. The molecule has 0 amide bonds. The van der Waals surface area contributed by atoms with Crippen LogP contribution in [-0.2, 0) is 0 Å². The monoisotopic (exact) mass is 488 g/mol. The van der Waals surface area contributed by atoms with Crippen LogP contribution >= 0.6 is 56.5 Å². The number of thiophene rings is 1. The number of benzene rings is 2. The maximum atomic E-state index is 2.46. The summed E-state index contributed by atoms with van der Waals surface area (Å²) in [5.74, 6) is 0. The van der Waals surface area contributed by atoms with E-state index in [0.29, 0.717) is 0 Å². The molecular formula is C16H10I2S. The van der Waals surface area contributed by atoms with Crippen LogP contribution in [0.4, 0.5) is 0 Å². The third kappa shape index (κ3) is 2.73. The van der Waals surface area contributed by atoms with Crippen LogP contribution in [0.2, 0.25) is 0 Å². The Morgan fingerprint density at radius 3 is 1.32 bits per heavy atom. The van der Waals surface area contributed by atoms with E-state index >= 15 is 0 Å². The lowest BCUT2D eigenvalue weighted by Gasteiger charge is -1.97. The van der Waals surface area contributed by atoms with Crippen LogP contribution in [-0.4, -0.2) is 0 Å². The molecule has 0 spiro atoms. The Balaban J connectivity index is 2.16. The lowest BCUT2D eigenvalue weighted by Crippen LogP contribution is -1.78. The van der Waals surface area contributed by atoms with E-state index in [1.807, 2.05) is 11.3 Å². The third-order valence-corrected chi connectivity index (χ3v) is 8.08. The molecule has 0 aliphatic heterocycles. The van der Waals surface area contributed by atoms with Gasteiger partial charge in [-0.15, -0.1) is 11.3 Å². The Bertz CT molecular complexity index is 628. The summed E-state index contributed by atoms with van der Waals surface area (Å²) in [6, 6.07) is 21.2. The molecular weight excluding hydrogens is 478 g/mol. The lowest BCUT2D eigenvalue weighted by atomic mass is 10.2. The predicted molar refractivity (Wildman–Crippen MR) is 101 cm³/mol. The first kappa shape index (κ1) is 13.6. The van der Waals surface area contributed by atoms with Crippen molar-refractivity contribution in [1.29, 1.82) is 0 Å². The highest BCUT2D eigenvalue weighted by Crippen LogP contribution is 2.43. The highest BCUT2D eigenvalue weighted by Gasteiger charge is 2.16. The van der Waals surface area contributed by atoms with Gasteiger partial charge in [-0.25, -0.2) is 0 Å². The number of hydrogen-bond donors (Lipinski definition) is 0. The standard InChI is InChI=1S/C16H10I2S/c17-13-14(18)16(12-9-5-2-6-10-12)19-15(13)11-7-3-1-4-8-11/h1-10H. The van der Waals surface area contributed by atoms with Crippen LogP contribution in [0.1, 0.15) is 0 Å². The molecule has 0 radical (unpaired) electrons. The Kier molecular flexibility index (Phi) is 4.24. The molecule has 0 unspecified atom stereocenters. The van der Waals surface area contributed by atoms with Crippen molar-refractivity contribution in [2.75, 3.05) is 0 Å². The van der Waals surface area contributed by atoms with Gasteiger partial charge in [0.2, 0.25) is 0 Å². The van der Waals surface area contributed by atoms with Crippen molar-refractivity contribution in [3.63, 3.8) is 0 Å². The molecule has 3 rings (SSSR count). The number of rotatable bonds is 2. The molecule has 0 nitrogen and oxygen atoms in total. The fourth-order valence-electron chi connectivity index (χ4n) is 1.94. The smallest absolute Gasteiger partial charge is 0.0494 e. The third-order valence-electron chi connectivity index (χ3n) is 2.87. The minimum absolute atomic E-state index is 1.30. The maximum absolute atomic E-state index is 2.46. The summed E-state index contributed by atoms with van der Waals surface area (Å²) in [6.07, 6.45) is 0. The van der Waals surface area contributed by atoms with Crippen LogP contribution in [0.25, 0.3) is 20.9 Å². The second-order valence-corrected chi connectivity index (χ2v) is 7.30. The van der Waals surface area contributed by atoms with Gasteiger partial charge in [-0.2, -0.15) is 0 Å². The van der Waals surface area contributed by atoms with Crippen molar-refractivity contribution < 1.29 is 0 Å². The van der Waals surface area contributed by atoms with E-state index in [-0.39, 0.29) is 0 Å². The minimum Gasteiger partial charge on any atom is -0.133 e. The van der Waals surface area contributed by atoms with Crippen LogP contribution in [0.3, 0.4) is 0 Å². The van der Waals surface area contributed by atoms with Crippen LogP contribution in [0.5, 0.6) is 0 Å². The Morgan fingerprint density at radius 2 is 0.947 bits per heavy atom. The zero-order valence-electron chi connectivity index (χ0n) is 9.94. The van der Waals surface area contributed by atoms with Gasteiger partial charge in [0.15, 0.2) is 0 Å². The van der Waals surface area contributed by atoms with Gasteiger partial charge in [0.25, 0.3) is 0 Å². The zero-order valence-corrected chi connectivity index (χ0v) is 15.1. The number of hydrogen-bond acceptors (Lipinski definition) is 1. The number of halogens is 2. The SMILES string of the molecule is Ic1c(-c2ccccc2)sc(-c2ccccc2)c1I. The van der Waals surface area contributed by atoms with Crippen molar-refractivity contribution in [2.24, 2.45) is 0 Å². The molecule has 0 N–H and O–H groups in total. The molecule has 1 heterocycles. The zero-order chi connectivity index (χ0) is 13.2. The van der Waals surface area contributed by atoms with Crippen molar-refractivity contribution >= 4 is 56.5 Å². The average molecular weight is 488 g/mol. The second kappa shape index (κ2) is 5.93. The van der Waals surface area contributed by atoms with Crippen molar-refractivity contribution in [1.82, 2.24) is 0 Å². The van der Waals surface area contributed by atoms with Gasteiger partial charge >= 0.3 is 0 Å². The summed E-state index contributed by atoms with van der Waals surface area (Å²) >= 11 is 6.80. The molecule has 94 valence electrons. The van der Waals surface area contributed by atoms with E-state index < -0.39 is 0 Å². The molecule has 0 saturated carbocycles. The fraction of sp³-hybridized carbons (Fsp3) is 0. The van der Waals surface area contributed by atoms with E-state index in [9.17, 15) is 0 Å². The van der Waals surface area contributed by atoms with Crippen molar-refractivity contribution in [3.8, 4) is 20.9 Å². The Hall–Kier alpha value is -0.400. The van der Waals surface area contributed by atoms with E-state index in [1.165, 1.54) is 28.0 Å². The second-order valence-electron chi connectivity index (χ2n) is 4.12. The summed E-state index contributed by atoms with van der Waals surface area (Å²) in [5, 5.41) is 0. The normalized spacial score (nSPS) is 10.6. The molecule has 0 bridgehead atoms. The average Bonchev–Trinajstić information content (AvgIpc) is 2.77. The van der Waals surface area contributed by atoms with Crippen LogP contribution in [0.15, 0.2) is 60.7 Å². The van der Waals surface area contributed by atoms with Gasteiger partial charge in [0, 0.05) is 16.9 Å². The van der Waals surface area contributed by atoms with Gasteiger partial charge in [0.1, 0.15) is 0 Å². The van der Waals surface area contributed by atoms with Gasteiger partial charge in [0.05, 0.1) is 0 Å². The largest absolute Gasteiger partial charge is 0.133 e. The first-order chi connectivity index (χ1) is 9.27. The maximum Gasteiger partial charge on any atom is 0.0494 e. The Labute approximate surface area is 144 Å². The molecule has 2 aromatic carbocycles. The molecule has 0 atom stereocenters. The van der Waals surface area contributed by atoms with Gasteiger partial charge in [-0.1, -0.05) is 60.7 Å². The van der Waals surface area contributed by atoms with Gasteiger partial charge in [-0.3, -0.25) is 0 Å². The fourth-order valence-corrected chi connectivity index (χ4v) is 5.23. The van der Waals surface area contributed by atoms with Crippen LogP contribution < -0.4 is 0 Å². The minimum atomic E-state index is 1.30. The molecule has 0 aliphatic carbocycles. The topological polar surface area (TPSA) is 0 Å². The van der Waals surface area contributed by atoms with Crippen molar-refractivity contribution in [3.05, 3.63) is 67.8 Å². The summed E-state index contributed by atoms with van der Waals surface area (Å²) < 4.78 is 2.71. The first-order valence-corrected chi connectivity index (χ1v) is 8.83. The van der Waals surface area contributed by atoms with Gasteiger partial charge < -0.3 is 0 Å². The van der Waals surface area contributed by atoms with E-state index in [1.54, 1.807) is 0 Å². The molecule has 1 aromatic heterocycles. The quantitative estimate of drug-likeness (QED) is 0.372. The first-order valence-electron chi connectivity index (χ1n) is 5.86. The summed E-state index contributed by atoms with van der Waals surface area (Å²) in [7, 11) is 0. The summed E-state index contributed by atoms with van der Waals surface area (Å²) in [4.78, 5) is 2.73. The molecule has 3 aromatic rings. The van der Waals surface area contributed by atoms with Crippen molar-refractivity contribution in [2.45, 2.75) is 0 Å². The summed E-state index contributed by atoms with van der Waals surface area (Å²) in [5.41, 5.74) is 2.61. The van der Waals surface area contributed by atoms with E-state index in [0.717, 1.165) is 0 Å². The lowest BCUT2D eigenvalue weighted by molar-refractivity contribution is 1.64. The summed E-state index contributed by atoms with van der Waals surface area (Å²) in [6.45, 7) is 0. The molecule has 19 heavy (non-hydrogen) atoms. The van der Waals surface area contributed by atoms with Crippen LogP contribution in [0, 0.1) is 7.14 Å². The van der Waals surface area contributed by atoms with Gasteiger partial charge in [-0.05, 0) is 56.3 Å². The molecule has 0 saturated heterocycles. The molecule has 0 aliphatic rings. The highest BCUT2D eigenvalue weighted by atomic mass is 127. The predicted octanol–water partition coefficient (Wildman–Crippen LogP) is 6.29. The molecule has 0 fully saturated rings. The Morgan fingerprint density at radius 1 is 0.579 bits per heavy atom.